The number of hydrogen-bond acceptors (Lipinski definition) is 1. The first kappa shape index (κ1) is 10.7. The van der Waals surface area contributed by atoms with Gasteiger partial charge in [0.25, 0.3) is 0 Å². The van der Waals surface area contributed by atoms with Gasteiger partial charge >= 0.3 is 0 Å². The molecule has 0 saturated carbocycles. The summed E-state index contributed by atoms with van der Waals surface area (Å²) in [5.41, 5.74) is 8.88. The fourth-order valence-electron chi connectivity index (χ4n) is 2.65. The van der Waals surface area contributed by atoms with E-state index in [4.69, 9.17) is 17.3 Å². The standard InChI is InChI=1S/C13H13ClN2O/c14-8-2-4-11-10(6-8)9-3-1-7(13(15)17)5-12(9)16-11/h2,4,6-7,16H,1,3,5H2,(H2,15,17)/t7-/m1/s1. The molecule has 88 valence electrons. The average Bonchev–Trinajstić information content (AvgIpc) is 2.66. The fraction of sp³-hybridized carbons (Fsp3) is 0.308. The van der Waals surface area contributed by atoms with Crippen LogP contribution in [-0.2, 0) is 17.6 Å². The van der Waals surface area contributed by atoms with E-state index in [2.05, 4.69) is 4.98 Å². The topological polar surface area (TPSA) is 58.9 Å². The second-order valence-electron chi connectivity index (χ2n) is 4.61. The predicted octanol–water partition coefficient (Wildman–Crippen LogP) is 2.41. The van der Waals surface area contributed by atoms with Crippen molar-refractivity contribution in [1.82, 2.24) is 4.98 Å². The summed E-state index contributed by atoms with van der Waals surface area (Å²) in [5.74, 6) is -0.238. The maximum atomic E-state index is 11.2. The number of fused-ring (bicyclic) bond motifs is 3. The molecule has 4 heteroatoms. The van der Waals surface area contributed by atoms with Crippen LogP contribution in [0.2, 0.25) is 5.02 Å². The lowest BCUT2D eigenvalue weighted by atomic mass is 9.86. The van der Waals surface area contributed by atoms with Crippen molar-refractivity contribution < 1.29 is 4.79 Å². The molecule has 3 nitrogen and oxygen atoms in total. The molecule has 1 aliphatic rings. The third-order valence-corrected chi connectivity index (χ3v) is 3.79. The Labute approximate surface area is 104 Å². The molecule has 0 aliphatic heterocycles. The first-order chi connectivity index (χ1) is 8.15. The van der Waals surface area contributed by atoms with E-state index in [-0.39, 0.29) is 11.8 Å². The molecular formula is C13H13ClN2O. The lowest BCUT2D eigenvalue weighted by Gasteiger charge is -2.19. The van der Waals surface area contributed by atoms with Crippen molar-refractivity contribution in [3.05, 3.63) is 34.5 Å². The van der Waals surface area contributed by atoms with Crippen LogP contribution in [0.25, 0.3) is 10.9 Å². The lowest BCUT2D eigenvalue weighted by Crippen LogP contribution is -2.28. The summed E-state index contributed by atoms with van der Waals surface area (Å²) in [6.07, 6.45) is 2.45. The molecule has 0 unspecified atom stereocenters. The Morgan fingerprint density at radius 1 is 1.47 bits per heavy atom. The molecule has 1 amide bonds. The number of halogens is 1. The molecule has 0 spiro atoms. The number of carbonyl (C=O) groups is 1. The van der Waals surface area contributed by atoms with Gasteiger partial charge in [0.05, 0.1) is 0 Å². The first-order valence-corrected chi connectivity index (χ1v) is 6.11. The van der Waals surface area contributed by atoms with Gasteiger partial charge in [-0.2, -0.15) is 0 Å². The Hall–Kier alpha value is -1.48. The summed E-state index contributed by atoms with van der Waals surface area (Å²) in [5, 5.41) is 1.92. The number of aryl methyl sites for hydroxylation is 1. The number of rotatable bonds is 1. The normalized spacial score (nSPS) is 19.2. The largest absolute Gasteiger partial charge is 0.369 e. The van der Waals surface area contributed by atoms with Crippen molar-refractivity contribution in [1.29, 1.82) is 0 Å². The highest BCUT2D eigenvalue weighted by Crippen LogP contribution is 2.32. The van der Waals surface area contributed by atoms with Gasteiger partial charge in [-0.3, -0.25) is 4.79 Å². The number of amides is 1. The number of hydrogen-bond donors (Lipinski definition) is 2. The predicted molar refractivity (Wildman–Crippen MR) is 68.0 cm³/mol. The Bertz CT molecular complexity index is 603. The van der Waals surface area contributed by atoms with Gasteiger partial charge in [-0.25, -0.2) is 0 Å². The summed E-state index contributed by atoms with van der Waals surface area (Å²) in [4.78, 5) is 14.6. The molecule has 1 aromatic carbocycles. The minimum Gasteiger partial charge on any atom is -0.369 e. The average molecular weight is 249 g/mol. The highest BCUT2D eigenvalue weighted by Gasteiger charge is 2.25. The molecule has 0 bridgehead atoms. The lowest BCUT2D eigenvalue weighted by molar-refractivity contribution is -0.122. The monoisotopic (exact) mass is 248 g/mol. The summed E-state index contributed by atoms with van der Waals surface area (Å²) in [6, 6.07) is 5.84. The minimum absolute atomic E-state index is 0.0361. The van der Waals surface area contributed by atoms with Crippen LogP contribution >= 0.6 is 11.6 Å². The molecule has 0 radical (unpaired) electrons. The minimum atomic E-state index is -0.202. The van der Waals surface area contributed by atoms with Gasteiger partial charge < -0.3 is 10.7 Å². The molecule has 1 atom stereocenters. The smallest absolute Gasteiger partial charge is 0.220 e. The number of nitrogens with two attached hydrogens (primary N) is 1. The van der Waals surface area contributed by atoms with Crippen molar-refractivity contribution in [3.63, 3.8) is 0 Å². The van der Waals surface area contributed by atoms with E-state index >= 15 is 0 Å². The van der Waals surface area contributed by atoms with Crippen LogP contribution in [0.4, 0.5) is 0 Å². The maximum Gasteiger partial charge on any atom is 0.220 e. The van der Waals surface area contributed by atoms with Crippen LogP contribution in [0.1, 0.15) is 17.7 Å². The van der Waals surface area contributed by atoms with Crippen molar-refractivity contribution in [3.8, 4) is 0 Å². The third-order valence-electron chi connectivity index (χ3n) is 3.55. The number of H-pyrrole nitrogens is 1. The second-order valence-corrected chi connectivity index (χ2v) is 5.05. The van der Waals surface area contributed by atoms with E-state index in [1.165, 1.54) is 10.9 Å². The molecular weight excluding hydrogens is 236 g/mol. The Balaban J connectivity index is 2.10. The zero-order chi connectivity index (χ0) is 12.0. The number of aromatic amines is 1. The Morgan fingerprint density at radius 3 is 3.06 bits per heavy atom. The van der Waals surface area contributed by atoms with Gasteiger partial charge in [0, 0.05) is 27.5 Å². The summed E-state index contributed by atoms with van der Waals surface area (Å²) in [7, 11) is 0. The molecule has 0 saturated heterocycles. The molecule has 0 fully saturated rings. The summed E-state index contributed by atoms with van der Waals surface area (Å²) < 4.78 is 0. The Kier molecular flexibility index (Phi) is 2.37. The van der Waals surface area contributed by atoms with Gasteiger partial charge in [0.2, 0.25) is 5.91 Å². The molecule has 1 aliphatic carbocycles. The summed E-state index contributed by atoms with van der Waals surface area (Å²) >= 11 is 6.01. The van der Waals surface area contributed by atoms with Gasteiger partial charge in [0.15, 0.2) is 0 Å². The van der Waals surface area contributed by atoms with Gasteiger partial charge in [-0.15, -0.1) is 0 Å². The van der Waals surface area contributed by atoms with Crippen molar-refractivity contribution in [2.24, 2.45) is 11.7 Å². The molecule has 1 heterocycles. The quantitative estimate of drug-likeness (QED) is 0.800. The molecule has 17 heavy (non-hydrogen) atoms. The van der Waals surface area contributed by atoms with Crippen LogP contribution in [-0.4, -0.2) is 10.9 Å². The first-order valence-electron chi connectivity index (χ1n) is 5.73. The second kappa shape index (κ2) is 3.77. The van der Waals surface area contributed by atoms with Crippen molar-refractivity contribution in [2.75, 3.05) is 0 Å². The van der Waals surface area contributed by atoms with Crippen molar-refractivity contribution >= 4 is 28.4 Å². The van der Waals surface area contributed by atoms with Gasteiger partial charge in [-0.05, 0) is 43.0 Å². The van der Waals surface area contributed by atoms with Gasteiger partial charge in [0.1, 0.15) is 0 Å². The highest BCUT2D eigenvalue weighted by molar-refractivity contribution is 6.31. The SMILES string of the molecule is NC(=O)[C@@H]1CCc2c([nH]c3ccc(Cl)cc23)C1. The fourth-order valence-corrected chi connectivity index (χ4v) is 2.82. The maximum absolute atomic E-state index is 11.2. The van der Waals surface area contributed by atoms with Gasteiger partial charge in [-0.1, -0.05) is 11.6 Å². The van der Waals surface area contributed by atoms with Crippen LogP contribution in [0.5, 0.6) is 0 Å². The highest BCUT2D eigenvalue weighted by atomic mass is 35.5. The number of aromatic nitrogens is 1. The molecule has 3 N–H and O–H groups in total. The Morgan fingerprint density at radius 2 is 2.29 bits per heavy atom. The van der Waals surface area contributed by atoms with Crippen LogP contribution in [0, 0.1) is 5.92 Å². The van der Waals surface area contributed by atoms with Crippen LogP contribution < -0.4 is 5.73 Å². The zero-order valence-electron chi connectivity index (χ0n) is 9.29. The van der Waals surface area contributed by atoms with E-state index in [1.807, 2.05) is 18.2 Å². The van der Waals surface area contributed by atoms with Crippen LogP contribution in [0.15, 0.2) is 18.2 Å². The number of carbonyl (C=O) groups excluding carboxylic acids is 1. The van der Waals surface area contributed by atoms with E-state index in [1.54, 1.807) is 0 Å². The van der Waals surface area contributed by atoms with E-state index in [0.717, 1.165) is 35.5 Å². The molecule has 3 rings (SSSR count). The number of nitrogens with one attached hydrogen (secondary N) is 1. The van der Waals surface area contributed by atoms with E-state index in [0.29, 0.717) is 0 Å². The van der Waals surface area contributed by atoms with Crippen LogP contribution in [0.3, 0.4) is 0 Å². The number of primary amides is 1. The molecule has 2 aromatic rings. The van der Waals surface area contributed by atoms with E-state index in [9.17, 15) is 4.79 Å². The van der Waals surface area contributed by atoms with Crippen molar-refractivity contribution in [2.45, 2.75) is 19.3 Å². The summed E-state index contributed by atoms with van der Waals surface area (Å²) in [6.45, 7) is 0. The number of benzene rings is 1. The third kappa shape index (κ3) is 1.71. The molecule has 1 aromatic heterocycles. The zero-order valence-corrected chi connectivity index (χ0v) is 10.1. The van der Waals surface area contributed by atoms with E-state index < -0.39 is 0 Å².